The normalized spacial score (nSPS) is 13.8. The molecule has 132 valence electrons. The molecule has 1 unspecified atom stereocenters. The van der Waals surface area contributed by atoms with Gasteiger partial charge in [-0.25, -0.2) is 4.79 Å². The first-order chi connectivity index (χ1) is 12.2. The van der Waals surface area contributed by atoms with Crippen molar-refractivity contribution in [1.82, 2.24) is 5.32 Å². The van der Waals surface area contributed by atoms with Crippen LogP contribution in [-0.2, 0) is 4.74 Å². The third-order valence-electron chi connectivity index (χ3n) is 4.80. The quantitative estimate of drug-likeness (QED) is 0.748. The lowest BCUT2D eigenvalue weighted by molar-refractivity contribution is 0.139. The van der Waals surface area contributed by atoms with Crippen molar-refractivity contribution in [2.45, 2.75) is 38.2 Å². The highest BCUT2D eigenvalue weighted by Crippen LogP contribution is 2.44. The second-order valence-electron chi connectivity index (χ2n) is 6.46. The molecule has 0 aromatic heterocycles. The summed E-state index contributed by atoms with van der Waals surface area (Å²) in [4.78, 5) is 11.9. The summed E-state index contributed by atoms with van der Waals surface area (Å²) in [6, 6.07) is 16.6. The highest BCUT2D eigenvalue weighted by atomic mass is 16.5. The van der Waals surface area contributed by atoms with Gasteiger partial charge in [-0.1, -0.05) is 55.5 Å². The number of aliphatic hydroxyl groups is 1. The van der Waals surface area contributed by atoms with Crippen LogP contribution in [0.4, 0.5) is 4.79 Å². The maximum absolute atomic E-state index is 11.9. The van der Waals surface area contributed by atoms with E-state index in [9.17, 15) is 9.90 Å². The number of carbonyl (C=O) groups is 1. The van der Waals surface area contributed by atoms with Crippen LogP contribution in [0, 0.1) is 0 Å². The molecule has 0 spiro atoms. The molecule has 4 nitrogen and oxygen atoms in total. The molecule has 0 saturated heterocycles. The summed E-state index contributed by atoms with van der Waals surface area (Å²) in [7, 11) is 0. The van der Waals surface area contributed by atoms with Gasteiger partial charge in [0.05, 0.1) is 6.10 Å². The van der Waals surface area contributed by atoms with Gasteiger partial charge in [-0.3, -0.25) is 0 Å². The third kappa shape index (κ3) is 4.02. The average molecular weight is 339 g/mol. The van der Waals surface area contributed by atoms with E-state index in [1.165, 1.54) is 22.3 Å². The van der Waals surface area contributed by atoms with Crippen molar-refractivity contribution in [1.29, 1.82) is 0 Å². The molecule has 1 atom stereocenters. The van der Waals surface area contributed by atoms with E-state index in [-0.39, 0.29) is 12.0 Å². The van der Waals surface area contributed by atoms with Crippen molar-refractivity contribution in [3.8, 4) is 11.1 Å². The predicted octanol–water partition coefficient (Wildman–Crippen LogP) is 4.08. The summed E-state index contributed by atoms with van der Waals surface area (Å²) < 4.78 is 5.46. The van der Waals surface area contributed by atoms with Gasteiger partial charge < -0.3 is 15.2 Å². The van der Waals surface area contributed by atoms with Crippen LogP contribution in [0.2, 0.25) is 0 Å². The predicted molar refractivity (Wildman–Crippen MR) is 98.6 cm³/mol. The number of benzene rings is 2. The van der Waals surface area contributed by atoms with Gasteiger partial charge in [-0.2, -0.15) is 0 Å². The van der Waals surface area contributed by atoms with Crippen LogP contribution in [0.15, 0.2) is 48.5 Å². The Hall–Kier alpha value is -2.33. The number of ether oxygens (including phenoxy) is 1. The highest BCUT2D eigenvalue weighted by Gasteiger charge is 2.28. The molecule has 2 N–H and O–H groups in total. The monoisotopic (exact) mass is 339 g/mol. The maximum Gasteiger partial charge on any atom is 0.407 e. The van der Waals surface area contributed by atoms with E-state index in [2.05, 4.69) is 29.6 Å². The second kappa shape index (κ2) is 8.17. The van der Waals surface area contributed by atoms with Crippen molar-refractivity contribution in [2.75, 3.05) is 13.2 Å². The summed E-state index contributed by atoms with van der Waals surface area (Å²) in [6.45, 7) is 2.80. The molecular weight excluding hydrogens is 314 g/mol. The Balaban J connectivity index is 1.56. The molecule has 1 aliphatic rings. The van der Waals surface area contributed by atoms with Gasteiger partial charge in [0, 0.05) is 12.5 Å². The Labute approximate surface area is 148 Å². The number of fused-ring (bicyclic) bond motifs is 3. The molecule has 1 aliphatic carbocycles. The van der Waals surface area contributed by atoms with E-state index in [0.29, 0.717) is 19.6 Å². The third-order valence-corrected chi connectivity index (χ3v) is 4.80. The number of carbonyl (C=O) groups excluding carboxylic acids is 1. The lowest BCUT2D eigenvalue weighted by Gasteiger charge is -2.14. The minimum atomic E-state index is -0.396. The number of hydrogen-bond donors (Lipinski definition) is 2. The molecule has 25 heavy (non-hydrogen) atoms. The molecule has 2 aromatic rings. The van der Waals surface area contributed by atoms with E-state index in [1.807, 2.05) is 31.2 Å². The zero-order valence-electron chi connectivity index (χ0n) is 14.6. The number of nitrogens with one attached hydrogen (secondary N) is 1. The van der Waals surface area contributed by atoms with Gasteiger partial charge >= 0.3 is 6.09 Å². The van der Waals surface area contributed by atoms with E-state index >= 15 is 0 Å². The Bertz CT molecular complexity index is 683. The summed E-state index contributed by atoms with van der Waals surface area (Å²) in [6.07, 6.45) is 1.50. The van der Waals surface area contributed by atoms with Gasteiger partial charge in [-0.15, -0.1) is 0 Å². The van der Waals surface area contributed by atoms with Crippen LogP contribution in [-0.4, -0.2) is 30.5 Å². The summed E-state index contributed by atoms with van der Waals surface area (Å²) in [5, 5.41) is 12.3. The van der Waals surface area contributed by atoms with Gasteiger partial charge in [-0.05, 0) is 41.5 Å². The topological polar surface area (TPSA) is 58.6 Å². The lowest BCUT2D eigenvalue weighted by Crippen LogP contribution is -2.27. The SMILES string of the molecule is CCC(O)CCCNC(=O)OCC1c2ccccc2-c2ccccc21. The highest BCUT2D eigenvalue weighted by molar-refractivity contribution is 5.79. The van der Waals surface area contributed by atoms with Gasteiger partial charge in [0.1, 0.15) is 6.61 Å². The Morgan fingerprint density at radius 1 is 1.12 bits per heavy atom. The molecule has 1 amide bonds. The molecule has 4 heteroatoms. The molecule has 3 rings (SSSR count). The number of hydrogen-bond acceptors (Lipinski definition) is 3. The zero-order chi connectivity index (χ0) is 17.6. The molecule has 0 radical (unpaired) electrons. The van der Waals surface area contributed by atoms with Crippen LogP contribution >= 0.6 is 0 Å². The van der Waals surface area contributed by atoms with Crippen molar-refractivity contribution < 1.29 is 14.6 Å². The molecule has 2 aromatic carbocycles. The smallest absolute Gasteiger partial charge is 0.407 e. The fourth-order valence-corrected chi connectivity index (χ4v) is 3.38. The summed E-state index contributed by atoms with van der Waals surface area (Å²) in [5.74, 6) is 0.0834. The Morgan fingerprint density at radius 3 is 2.32 bits per heavy atom. The van der Waals surface area contributed by atoms with E-state index in [1.54, 1.807) is 0 Å². The van der Waals surface area contributed by atoms with Gasteiger partial charge in [0.2, 0.25) is 0 Å². The first-order valence-electron chi connectivity index (χ1n) is 8.97. The zero-order valence-corrected chi connectivity index (χ0v) is 14.6. The van der Waals surface area contributed by atoms with E-state index < -0.39 is 6.09 Å². The van der Waals surface area contributed by atoms with Crippen molar-refractivity contribution >= 4 is 6.09 Å². The van der Waals surface area contributed by atoms with Crippen LogP contribution in [0.1, 0.15) is 43.2 Å². The summed E-state index contributed by atoms with van der Waals surface area (Å²) in [5.41, 5.74) is 4.87. The average Bonchev–Trinajstić information content (AvgIpc) is 2.97. The Kier molecular flexibility index (Phi) is 5.71. The lowest BCUT2D eigenvalue weighted by atomic mass is 9.98. The maximum atomic E-state index is 11.9. The standard InChI is InChI=1S/C21H25NO3/c1-2-15(23)8-7-13-22-21(24)25-14-20-18-11-5-3-9-16(18)17-10-4-6-12-19(17)20/h3-6,9-12,15,20,23H,2,7-8,13-14H2,1H3,(H,22,24). The number of alkyl carbamates (subject to hydrolysis) is 1. The van der Waals surface area contributed by atoms with Crippen LogP contribution in [0.25, 0.3) is 11.1 Å². The fourth-order valence-electron chi connectivity index (χ4n) is 3.38. The second-order valence-corrected chi connectivity index (χ2v) is 6.46. The van der Waals surface area contributed by atoms with Gasteiger partial charge in [0.15, 0.2) is 0 Å². The molecular formula is C21H25NO3. The largest absolute Gasteiger partial charge is 0.449 e. The minimum Gasteiger partial charge on any atom is -0.449 e. The molecule has 0 fully saturated rings. The number of amides is 1. The molecule has 0 aliphatic heterocycles. The fraction of sp³-hybridized carbons (Fsp3) is 0.381. The van der Waals surface area contributed by atoms with Crippen molar-refractivity contribution in [3.63, 3.8) is 0 Å². The first kappa shape index (κ1) is 17.5. The van der Waals surface area contributed by atoms with Crippen LogP contribution in [0.5, 0.6) is 0 Å². The number of aliphatic hydroxyl groups excluding tert-OH is 1. The van der Waals surface area contributed by atoms with E-state index in [0.717, 1.165) is 12.8 Å². The van der Waals surface area contributed by atoms with Crippen LogP contribution < -0.4 is 5.32 Å². The molecule has 0 bridgehead atoms. The molecule has 0 saturated carbocycles. The van der Waals surface area contributed by atoms with Crippen molar-refractivity contribution in [3.05, 3.63) is 59.7 Å². The molecule has 0 heterocycles. The van der Waals surface area contributed by atoms with Crippen molar-refractivity contribution in [2.24, 2.45) is 0 Å². The minimum absolute atomic E-state index is 0.0834. The number of rotatable bonds is 7. The van der Waals surface area contributed by atoms with E-state index in [4.69, 9.17) is 4.74 Å². The first-order valence-corrected chi connectivity index (χ1v) is 8.97. The van der Waals surface area contributed by atoms with Crippen LogP contribution in [0.3, 0.4) is 0 Å². The van der Waals surface area contributed by atoms with Gasteiger partial charge in [0.25, 0.3) is 0 Å². The Morgan fingerprint density at radius 2 is 1.72 bits per heavy atom. The summed E-state index contributed by atoms with van der Waals surface area (Å²) >= 11 is 0.